The van der Waals surface area contributed by atoms with Crippen LogP contribution in [-0.4, -0.2) is 17.3 Å². The molecule has 0 saturated carbocycles. The average molecular weight is 197 g/mol. The first-order valence-corrected chi connectivity index (χ1v) is 4.96. The number of benzene rings is 1. The number of phenols is 1. The van der Waals surface area contributed by atoms with Gasteiger partial charge < -0.3 is 10.8 Å². The lowest BCUT2D eigenvalue weighted by Gasteiger charge is -2.08. The zero-order valence-electron chi connectivity index (χ0n) is 7.50. The van der Waals surface area contributed by atoms with Gasteiger partial charge in [0.15, 0.2) is 0 Å². The highest BCUT2D eigenvalue weighted by molar-refractivity contribution is 7.98. The number of nitrogens with two attached hydrogens (primary N) is 1. The van der Waals surface area contributed by atoms with Crippen LogP contribution in [0.25, 0.3) is 0 Å². The molecule has 0 aliphatic heterocycles. The maximum atomic E-state index is 11.0. The summed E-state index contributed by atoms with van der Waals surface area (Å²) in [6, 6.07) is 3.25. The molecule has 0 atom stereocenters. The summed E-state index contributed by atoms with van der Waals surface area (Å²) in [7, 11) is 0. The third-order valence-electron chi connectivity index (χ3n) is 1.86. The Bertz CT molecular complexity index is 350. The molecule has 3 nitrogen and oxygen atoms in total. The van der Waals surface area contributed by atoms with Crippen molar-refractivity contribution in [3.63, 3.8) is 0 Å². The molecular formula is C9H11NO2S. The van der Waals surface area contributed by atoms with Gasteiger partial charge in [-0.2, -0.15) is 0 Å². The van der Waals surface area contributed by atoms with Gasteiger partial charge in [0.2, 0.25) is 0 Å². The van der Waals surface area contributed by atoms with Crippen LogP contribution >= 0.6 is 11.8 Å². The standard InChI is InChI=1S/C9H11NO2S/c1-5-7(13-2)4-3-6(11)8(5)9(10)12/h3-4,11H,1-2H3,(H2,10,12). The summed E-state index contributed by atoms with van der Waals surface area (Å²) in [5.74, 6) is -0.645. The van der Waals surface area contributed by atoms with Crippen molar-refractivity contribution in [2.45, 2.75) is 11.8 Å². The maximum Gasteiger partial charge on any atom is 0.252 e. The van der Waals surface area contributed by atoms with Gasteiger partial charge >= 0.3 is 0 Å². The van der Waals surface area contributed by atoms with Crippen LogP contribution in [0.5, 0.6) is 5.75 Å². The lowest BCUT2D eigenvalue weighted by Crippen LogP contribution is -2.13. The molecule has 1 rings (SSSR count). The zero-order chi connectivity index (χ0) is 10.0. The second-order valence-corrected chi connectivity index (χ2v) is 3.50. The summed E-state index contributed by atoms with van der Waals surface area (Å²) in [5, 5.41) is 9.37. The van der Waals surface area contributed by atoms with Gasteiger partial charge in [0.1, 0.15) is 5.75 Å². The van der Waals surface area contributed by atoms with Gasteiger partial charge in [-0.15, -0.1) is 11.8 Å². The van der Waals surface area contributed by atoms with E-state index in [9.17, 15) is 9.90 Å². The van der Waals surface area contributed by atoms with Crippen molar-refractivity contribution in [1.82, 2.24) is 0 Å². The second kappa shape index (κ2) is 3.70. The number of amides is 1. The van der Waals surface area contributed by atoms with Crippen molar-refractivity contribution >= 4 is 17.7 Å². The van der Waals surface area contributed by atoms with Crippen LogP contribution in [-0.2, 0) is 0 Å². The normalized spacial score (nSPS) is 10.0. The Morgan fingerprint density at radius 2 is 2.15 bits per heavy atom. The maximum absolute atomic E-state index is 11.0. The first-order valence-electron chi connectivity index (χ1n) is 3.74. The van der Waals surface area contributed by atoms with E-state index in [1.165, 1.54) is 17.8 Å². The van der Waals surface area contributed by atoms with E-state index < -0.39 is 5.91 Å². The molecule has 13 heavy (non-hydrogen) atoms. The van der Waals surface area contributed by atoms with Crippen LogP contribution in [0.3, 0.4) is 0 Å². The number of carbonyl (C=O) groups is 1. The summed E-state index contributed by atoms with van der Waals surface area (Å²) in [6.45, 7) is 1.77. The highest BCUT2D eigenvalue weighted by Gasteiger charge is 2.13. The van der Waals surface area contributed by atoms with Crippen molar-refractivity contribution in [2.75, 3.05) is 6.26 Å². The van der Waals surface area contributed by atoms with E-state index in [4.69, 9.17) is 5.73 Å². The Kier molecular flexibility index (Phi) is 2.83. The summed E-state index contributed by atoms with van der Waals surface area (Å²) >= 11 is 1.52. The van der Waals surface area contributed by atoms with Crippen LogP contribution in [0.1, 0.15) is 15.9 Å². The Balaban J connectivity index is 3.38. The van der Waals surface area contributed by atoms with Crippen LogP contribution in [0, 0.1) is 6.92 Å². The molecule has 3 N–H and O–H groups in total. The minimum absolute atomic E-state index is 0.0530. The van der Waals surface area contributed by atoms with Crippen molar-refractivity contribution in [1.29, 1.82) is 0 Å². The molecule has 1 aromatic rings. The fourth-order valence-corrected chi connectivity index (χ4v) is 1.82. The minimum atomic E-state index is -0.592. The van der Waals surface area contributed by atoms with Crippen LogP contribution in [0.4, 0.5) is 0 Å². The largest absolute Gasteiger partial charge is 0.507 e. The minimum Gasteiger partial charge on any atom is -0.507 e. The van der Waals surface area contributed by atoms with E-state index >= 15 is 0 Å². The van der Waals surface area contributed by atoms with E-state index in [0.29, 0.717) is 0 Å². The molecule has 0 spiro atoms. The summed E-state index contributed by atoms with van der Waals surface area (Å²) in [6.07, 6.45) is 1.91. The number of rotatable bonds is 2. The average Bonchev–Trinajstić information content (AvgIpc) is 2.04. The lowest BCUT2D eigenvalue weighted by molar-refractivity contribution is 0.0997. The van der Waals surface area contributed by atoms with E-state index in [0.717, 1.165) is 10.5 Å². The molecule has 1 aromatic carbocycles. The van der Waals surface area contributed by atoms with Gasteiger partial charge in [-0.1, -0.05) is 0 Å². The van der Waals surface area contributed by atoms with Gasteiger partial charge in [0, 0.05) is 4.90 Å². The monoisotopic (exact) mass is 197 g/mol. The molecule has 0 bridgehead atoms. The number of aromatic hydroxyl groups is 1. The molecule has 0 radical (unpaired) electrons. The Morgan fingerprint density at radius 1 is 1.54 bits per heavy atom. The highest BCUT2D eigenvalue weighted by Crippen LogP contribution is 2.28. The van der Waals surface area contributed by atoms with E-state index in [2.05, 4.69) is 0 Å². The molecule has 0 heterocycles. The van der Waals surface area contributed by atoms with Crippen molar-refractivity contribution in [2.24, 2.45) is 5.73 Å². The van der Waals surface area contributed by atoms with E-state index in [1.54, 1.807) is 13.0 Å². The first kappa shape index (κ1) is 9.92. The van der Waals surface area contributed by atoms with Gasteiger partial charge in [-0.3, -0.25) is 4.79 Å². The molecule has 0 saturated heterocycles. The quantitative estimate of drug-likeness (QED) is 0.706. The van der Waals surface area contributed by atoms with Gasteiger partial charge in [-0.25, -0.2) is 0 Å². The number of primary amides is 1. The number of hydrogen-bond donors (Lipinski definition) is 2. The molecule has 70 valence electrons. The van der Waals surface area contributed by atoms with Crippen LogP contribution < -0.4 is 5.73 Å². The Hall–Kier alpha value is -1.16. The molecule has 0 unspecified atom stereocenters. The van der Waals surface area contributed by atoms with Crippen molar-refractivity contribution < 1.29 is 9.90 Å². The smallest absolute Gasteiger partial charge is 0.252 e. The van der Waals surface area contributed by atoms with Crippen LogP contribution in [0.2, 0.25) is 0 Å². The molecule has 0 fully saturated rings. The summed E-state index contributed by atoms with van der Waals surface area (Å²) in [5.41, 5.74) is 6.08. The second-order valence-electron chi connectivity index (χ2n) is 2.65. The zero-order valence-corrected chi connectivity index (χ0v) is 8.31. The van der Waals surface area contributed by atoms with Crippen molar-refractivity contribution in [3.8, 4) is 5.75 Å². The van der Waals surface area contributed by atoms with E-state index in [-0.39, 0.29) is 11.3 Å². The van der Waals surface area contributed by atoms with Gasteiger partial charge in [0.05, 0.1) is 5.56 Å². The predicted molar refractivity (Wildman–Crippen MR) is 53.1 cm³/mol. The SMILES string of the molecule is CSc1ccc(O)c(C(N)=O)c1C. The Morgan fingerprint density at radius 3 is 2.62 bits per heavy atom. The number of thioether (sulfide) groups is 1. The molecule has 0 aromatic heterocycles. The highest BCUT2D eigenvalue weighted by atomic mass is 32.2. The molecule has 4 heteroatoms. The third kappa shape index (κ3) is 1.78. The summed E-state index contributed by atoms with van der Waals surface area (Å²) < 4.78 is 0. The molecular weight excluding hydrogens is 186 g/mol. The molecule has 1 amide bonds. The predicted octanol–water partition coefficient (Wildman–Crippen LogP) is 1.52. The molecule has 0 aliphatic rings. The van der Waals surface area contributed by atoms with E-state index in [1.807, 2.05) is 6.26 Å². The lowest BCUT2D eigenvalue weighted by atomic mass is 10.1. The number of carbonyl (C=O) groups excluding carboxylic acids is 1. The third-order valence-corrected chi connectivity index (χ3v) is 2.74. The first-order chi connectivity index (χ1) is 6.07. The fraction of sp³-hybridized carbons (Fsp3) is 0.222. The fourth-order valence-electron chi connectivity index (χ4n) is 1.21. The molecule has 0 aliphatic carbocycles. The van der Waals surface area contributed by atoms with Gasteiger partial charge in [-0.05, 0) is 30.9 Å². The summed E-state index contributed by atoms with van der Waals surface area (Å²) in [4.78, 5) is 11.9. The van der Waals surface area contributed by atoms with Crippen molar-refractivity contribution in [3.05, 3.63) is 23.3 Å². The number of hydrogen-bond acceptors (Lipinski definition) is 3. The van der Waals surface area contributed by atoms with Crippen LogP contribution in [0.15, 0.2) is 17.0 Å². The van der Waals surface area contributed by atoms with Gasteiger partial charge in [0.25, 0.3) is 5.91 Å². The topological polar surface area (TPSA) is 63.3 Å². The Labute approximate surface area is 80.9 Å².